The van der Waals surface area contributed by atoms with E-state index >= 15 is 4.39 Å². The zero-order chi connectivity index (χ0) is 27.8. The van der Waals surface area contributed by atoms with Gasteiger partial charge in [-0.2, -0.15) is 8.78 Å². The summed E-state index contributed by atoms with van der Waals surface area (Å²) in [6.07, 6.45) is 3.58. The van der Waals surface area contributed by atoms with Gasteiger partial charge in [-0.05, 0) is 24.6 Å². The molecule has 1 amide bonds. The van der Waals surface area contributed by atoms with E-state index < -0.39 is 30.4 Å². The maximum atomic E-state index is 15.5. The number of carbonyl (C=O) groups is 1. The van der Waals surface area contributed by atoms with Gasteiger partial charge in [0.15, 0.2) is 0 Å². The molecule has 2 fully saturated rings. The van der Waals surface area contributed by atoms with E-state index in [0.717, 1.165) is 0 Å². The van der Waals surface area contributed by atoms with Crippen molar-refractivity contribution in [3.8, 4) is 16.9 Å². The van der Waals surface area contributed by atoms with Crippen LogP contribution in [-0.4, -0.2) is 70.5 Å². The van der Waals surface area contributed by atoms with Crippen LogP contribution in [0.2, 0.25) is 0 Å². The third kappa shape index (κ3) is 3.79. The maximum Gasteiger partial charge on any atom is 0.387 e. The molecule has 0 unspecified atom stereocenters. The Labute approximate surface area is 231 Å². The molecule has 4 aliphatic heterocycles. The predicted molar refractivity (Wildman–Crippen MR) is 138 cm³/mol. The molecule has 10 nitrogen and oxygen atoms in total. The minimum atomic E-state index is -3.06. The summed E-state index contributed by atoms with van der Waals surface area (Å²) in [7, 11) is 0. The molecule has 210 valence electrons. The third-order valence-corrected chi connectivity index (χ3v) is 8.26. The fourth-order valence-corrected chi connectivity index (χ4v) is 6.57. The summed E-state index contributed by atoms with van der Waals surface area (Å²) in [5.41, 5.74) is 2.35. The minimum absolute atomic E-state index is 0.0153. The number of halogens is 3. The summed E-state index contributed by atoms with van der Waals surface area (Å²) >= 11 is 0. The van der Waals surface area contributed by atoms with E-state index in [2.05, 4.69) is 25.2 Å². The van der Waals surface area contributed by atoms with Crippen molar-refractivity contribution in [2.24, 2.45) is 0 Å². The summed E-state index contributed by atoms with van der Waals surface area (Å²) in [5, 5.41) is 2.94. The van der Waals surface area contributed by atoms with E-state index in [1.165, 1.54) is 18.2 Å². The molecule has 4 aromatic rings. The second-order valence-corrected chi connectivity index (χ2v) is 10.6. The van der Waals surface area contributed by atoms with Crippen molar-refractivity contribution in [2.75, 3.05) is 31.3 Å². The highest BCUT2D eigenvalue weighted by atomic mass is 19.3. The summed E-state index contributed by atoms with van der Waals surface area (Å²) < 4.78 is 60.1. The van der Waals surface area contributed by atoms with Crippen molar-refractivity contribution >= 4 is 22.9 Å². The van der Waals surface area contributed by atoms with E-state index in [0.29, 0.717) is 66.8 Å². The van der Waals surface area contributed by atoms with Gasteiger partial charge >= 0.3 is 6.61 Å². The highest BCUT2D eigenvalue weighted by Crippen LogP contribution is 2.48. The quantitative estimate of drug-likeness (QED) is 0.401. The predicted octanol–water partition coefficient (Wildman–Crippen LogP) is 3.62. The van der Waals surface area contributed by atoms with Crippen LogP contribution >= 0.6 is 0 Å². The number of aromatic nitrogens is 4. The van der Waals surface area contributed by atoms with Crippen LogP contribution in [0.4, 0.5) is 19.1 Å². The topological polar surface area (TPSA) is 104 Å². The second kappa shape index (κ2) is 9.14. The number of imidazole rings is 1. The van der Waals surface area contributed by atoms with Gasteiger partial charge in [0.25, 0.3) is 5.91 Å². The molecule has 0 spiro atoms. The lowest BCUT2D eigenvalue weighted by Crippen LogP contribution is -2.60. The minimum Gasteiger partial charge on any atom is -0.434 e. The van der Waals surface area contributed by atoms with E-state index in [-0.39, 0.29) is 29.0 Å². The third-order valence-electron chi connectivity index (χ3n) is 8.26. The number of benzene rings is 2. The number of nitrogens with zero attached hydrogens (tertiary/aromatic N) is 5. The van der Waals surface area contributed by atoms with Gasteiger partial charge in [-0.3, -0.25) is 4.79 Å². The monoisotopic (exact) mass is 564 g/mol. The molecule has 2 aromatic heterocycles. The number of ether oxygens (including phenoxy) is 3. The van der Waals surface area contributed by atoms with E-state index in [4.69, 9.17) is 14.2 Å². The van der Waals surface area contributed by atoms with Gasteiger partial charge in [-0.1, -0.05) is 6.07 Å². The van der Waals surface area contributed by atoms with Crippen molar-refractivity contribution in [3.63, 3.8) is 0 Å². The van der Waals surface area contributed by atoms with Crippen LogP contribution in [0.1, 0.15) is 40.3 Å². The lowest BCUT2D eigenvalue weighted by atomic mass is 9.97. The molecule has 6 heterocycles. The lowest BCUT2D eigenvalue weighted by molar-refractivity contribution is -0.0507. The molecule has 2 aromatic carbocycles. The Morgan fingerprint density at radius 2 is 1.76 bits per heavy atom. The maximum absolute atomic E-state index is 15.5. The first-order valence-corrected chi connectivity index (χ1v) is 13.3. The zero-order valence-corrected chi connectivity index (χ0v) is 21.5. The first kappa shape index (κ1) is 24.6. The fraction of sp³-hybridized carbons (Fsp3) is 0.357. The van der Waals surface area contributed by atoms with Crippen LogP contribution in [-0.2, 0) is 9.47 Å². The first-order chi connectivity index (χ1) is 20.0. The number of hydrogen-bond acceptors (Lipinski definition) is 8. The molecule has 13 heteroatoms. The number of alkyl halides is 2. The smallest absolute Gasteiger partial charge is 0.387 e. The summed E-state index contributed by atoms with van der Waals surface area (Å²) in [6, 6.07) is 6.56. The van der Waals surface area contributed by atoms with Gasteiger partial charge in [-0.15, -0.1) is 0 Å². The van der Waals surface area contributed by atoms with Crippen LogP contribution in [0.15, 0.2) is 42.7 Å². The molecule has 0 aliphatic carbocycles. The molecule has 2 atom stereocenters. The van der Waals surface area contributed by atoms with Crippen molar-refractivity contribution in [2.45, 2.75) is 37.2 Å². The molecule has 8 rings (SSSR count). The zero-order valence-electron chi connectivity index (χ0n) is 21.5. The molecule has 41 heavy (non-hydrogen) atoms. The fourth-order valence-electron chi connectivity index (χ4n) is 6.57. The standard InChI is InChI=1S/C28H23F3N6O4/c29-18-5-19-21(4-17(18)13-7-32-28(33-8-13)36-14-9-39-11-15(36)12-40-10-14)37-22-6-20(25(37)34-19)35-26(38)16-2-1-3-23(24(16)22)41-27(30)31/h1-5,7-8,14-15,20,22,27H,6,9-12H2,(H,35,38)/t14-,15-,20-,22-/m1/s1. The van der Waals surface area contributed by atoms with Gasteiger partial charge in [0.2, 0.25) is 5.95 Å². The van der Waals surface area contributed by atoms with Crippen molar-refractivity contribution in [3.05, 3.63) is 65.5 Å². The molecule has 0 radical (unpaired) electrons. The molecule has 1 N–H and O–H groups in total. The molecular formula is C28H23F3N6O4. The SMILES string of the molecule is O=C1N[C@@H]2C[C@H](c3c(OC(F)F)cccc31)n1c2nc2cc(F)c(-c3cnc(N4[C@H]5COC[C@H]4COC5)nc3)cc21. The highest BCUT2D eigenvalue weighted by Gasteiger charge is 2.42. The highest BCUT2D eigenvalue weighted by molar-refractivity contribution is 5.98. The summed E-state index contributed by atoms with van der Waals surface area (Å²) in [6.45, 7) is -0.967. The average Bonchev–Trinajstić information content (AvgIpc) is 3.43. The van der Waals surface area contributed by atoms with E-state index in [9.17, 15) is 13.6 Å². The first-order valence-electron chi connectivity index (χ1n) is 13.3. The number of morpholine rings is 2. The number of hydrogen-bond donors (Lipinski definition) is 1. The Hall–Kier alpha value is -4.23. The van der Waals surface area contributed by atoms with Crippen molar-refractivity contribution in [1.29, 1.82) is 0 Å². The number of rotatable bonds is 4. The summed E-state index contributed by atoms with van der Waals surface area (Å²) in [4.78, 5) is 28.8. The normalized spacial score (nSPS) is 24.7. The molecule has 0 saturated carbocycles. The van der Waals surface area contributed by atoms with Gasteiger partial charge in [0, 0.05) is 40.7 Å². The van der Waals surface area contributed by atoms with Crippen molar-refractivity contribution < 1.29 is 32.2 Å². The number of carbonyl (C=O) groups excluding carboxylic acids is 1. The molecular weight excluding hydrogens is 541 g/mol. The van der Waals surface area contributed by atoms with Crippen molar-refractivity contribution in [1.82, 2.24) is 24.8 Å². The Balaban J connectivity index is 1.21. The Morgan fingerprint density at radius 1 is 1.02 bits per heavy atom. The Morgan fingerprint density at radius 3 is 2.46 bits per heavy atom. The van der Waals surface area contributed by atoms with Gasteiger partial charge in [0.1, 0.15) is 17.4 Å². The van der Waals surface area contributed by atoms with Crippen LogP contribution in [0, 0.1) is 5.82 Å². The average molecular weight is 565 g/mol. The molecule has 2 saturated heterocycles. The second-order valence-electron chi connectivity index (χ2n) is 10.6. The largest absolute Gasteiger partial charge is 0.434 e. The van der Waals surface area contributed by atoms with E-state index in [1.807, 2.05) is 4.57 Å². The number of amides is 1. The number of anilines is 1. The van der Waals surface area contributed by atoms with Crippen LogP contribution < -0.4 is 15.0 Å². The lowest BCUT2D eigenvalue weighted by Gasteiger charge is -2.45. The number of fused-ring (bicyclic) bond motifs is 11. The Bertz CT molecular complexity index is 1670. The van der Waals surface area contributed by atoms with Gasteiger partial charge in [0.05, 0.1) is 61.6 Å². The summed E-state index contributed by atoms with van der Waals surface area (Å²) in [5.74, 6) is 0.0886. The van der Waals surface area contributed by atoms with Crippen LogP contribution in [0.25, 0.3) is 22.2 Å². The van der Waals surface area contributed by atoms with Gasteiger partial charge in [-0.25, -0.2) is 19.3 Å². The molecule has 4 aliphatic rings. The Kier molecular flexibility index (Phi) is 5.48. The van der Waals surface area contributed by atoms with E-state index in [1.54, 1.807) is 24.5 Å². The van der Waals surface area contributed by atoms with Crippen LogP contribution in [0.3, 0.4) is 0 Å². The number of nitrogens with one attached hydrogen (secondary N) is 1. The van der Waals surface area contributed by atoms with Crippen LogP contribution in [0.5, 0.6) is 5.75 Å². The molecule has 4 bridgehead atoms. The van der Waals surface area contributed by atoms with Gasteiger partial charge < -0.3 is 29.0 Å².